The number of ether oxygens (including phenoxy) is 1. The van der Waals surface area contributed by atoms with Crippen molar-refractivity contribution in [2.45, 2.75) is 4.90 Å². The van der Waals surface area contributed by atoms with Gasteiger partial charge in [0.15, 0.2) is 0 Å². The minimum absolute atomic E-state index is 0.00534. The second kappa shape index (κ2) is 10.1. The smallest absolute Gasteiger partial charge is 0.261 e. The van der Waals surface area contributed by atoms with Crippen LogP contribution in [0.1, 0.15) is 15.9 Å². The minimum Gasteiger partial charge on any atom is -0.497 e. The molecule has 0 fully saturated rings. The largest absolute Gasteiger partial charge is 0.497 e. The highest BCUT2D eigenvalue weighted by Gasteiger charge is 2.18. The number of amides is 1. The number of methoxy groups -OCH3 is 1. The summed E-state index contributed by atoms with van der Waals surface area (Å²) in [5, 5.41) is 12.2. The zero-order valence-electron chi connectivity index (χ0n) is 18.7. The molecule has 0 aromatic heterocycles. The third-order valence-corrected chi connectivity index (χ3v) is 6.63. The zero-order chi connectivity index (χ0) is 24.8. The summed E-state index contributed by atoms with van der Waals surface area (Å²) in [5.74, 6) is 0.182. The highest BCUT2D eigenvalue weighted by molar-refractivity contribution is 7.92. The van der Waals surface area contributed by atoms with Gasteiger partial charge in [-0.3, -0.25) is 9.52 Å². The molecule has 0 bridgehead atoms. The summed E-state index contributed by atoms with van der Waals surface area (Å²) in [4.78, 5) is 13.1. The molecule has 4 aromatic rings. The Labute approximate surface area is 203 Å². The molecule has 7 nitrogen and oxygen atoms in total. The molecule has 4 aromatic carbocycles. The summed E-state index contributed by atoms with van der Waals surface area (Å²) in [7, 11) is -2.37. The van der Waals surface area contributed by atoms with Crippen molar-refractivity contribution in [3.05, 3.63) is 108 Å². The van der Waals surface area contributed by atoms with Crippen molar-refractivity contribution in [2.75, 3.05) is 17.1 Å². The molecule has 0 aliphatic carbocycles. The first kappa shape index (κ1) is 23.5. The normalized spacial score (nSPS) is 10.7. The number of hydrogen-bond donors (Lipinski definition) is 2. The van der Waals surface area contributed by atoms with Crippen LogP contribution in [-0.4, -0.2) is 21.4 Å². The van der Waals surface area contributed by atoms with E-state index in [1.807, 2.05) is 0 Å². The topological polar surface area (TPSA) is 108 Å². The Bertz CT molecular complexity index is 1520. The van der Waals surface area contributed by atoms with Crippen molar-refractivity contribution in [1.82, 2.24) is 0 Å². The molecule has 0 aliphatic rings. The fourth-order valence-corrected chi connectivity index (χ4v) is 4.65. The molecular formula is C27H21N3O4S. The van der Waals surface area contributed by atoms with Crippen molar-refractivity contribution in [3.8, 4) is 22.9 Å². The molecule has 0 saturated heterocycles. The first-order valence-electron chi connectivity index (χ1n) is 10.6. The molecule has 0 radical (unpaired) electrons. The van der Waals surface area contributed by atoms with Gasteiger partial charge in [0.1, 0.15) is 5.75 Å². The molecule has 1 amide bonds. The highest BCUT2D eigenvalue weighted by Crippen LogP contribution is 2.28. The van der Waals surface area contributed by atoms with Crippen molar-refractivity contribution < 1.29 is 17.9 Å². The molecule has 0 spiro atoms. The summed E-state index contributed by atoms with van der Waals surface area (Å²) in [6, 6.07) is 28.6. The van der Waals surface area contributed by atoms with Gasteiger partial charge >= 0.3 is 0 Å². The van der Waals surface area contributed by atoms with Crippen LogP contribution in [0.4, 0.5) is 11.4 Å². The van der Waals surface area contributed by atoms with Gasteiger partial charge in [-0.2, -0.15) is 5.26 Å². The van der Waals surface area contributed by atoms with E-state index < -0.39 is 15.9 Å². The van der Waals surface area contributed by atoms with Crippen LogP contribution in [0.15, 0.2) is 102 Å². The van der Waals surface area contributed by atoms with Gasteiger partial charge in [0.2, 0.25) is 0 Å². The number of nitrogens with one attached hydrogen (secondary N) is 2. The number of sulfonamides is 1. The first-order chi connectivity index (χ1) is 16.9. The fourth-order valence-electron chi connectivity index (χ4n) is 3.54. The average molecular weight is 484 g/mol. The second-order valence-electron chi connectivity index (χ2n) is 7.52. The van der Waals surface area contributed by atoms with E-state index in [1.54, 1.807) is 84.9 Å². The lowest BCUT2D eigenvalue weighted by atomic mass is 9.95. The number of benzene rings is 4. The van der Waals surface area contributed by atoms with Gasteiger partial charge in [-0.15, -0.1) is 0 Å². The maximum absolute atomic E-state index is 13.1. The van der Waals surface area contributed by atoms with E-state index in [0.717, 1.165) is 0 Å². The van der Waals surface area contributed by atoms with Crippen LogP contribution < -0.4 is 14.8 Å². The number of anilines is 2. The molecule has 0 saturated carbocycles. The number of carbonyl (C=O) groups excluding carboxylic acids is 1. The van der Waals surface area contributed by atoms with E-state index in [0.29, 0.717) is 39.4 Å². The van der Waals surface area contributed by atoms with E-state index in [2.05, 4.69) is 16.1 Å². The van der Waals surface area contributed by atoms with Gasteiger partial charge in [-0.25, -0.2) is 8.42 Å². The minimum atomic E-state index is -3.89. The third-order valence-electron chi connectivity index (χ3n) is 5.25. The molecular weight excluding hydrogens is 462 g/mol. The predicted octanol–water partition coefficient (Wildman–Crippen LogP) is 5.29. The maximum atomic E-state index is 13.1. The van der Waals surface area contributed by atoms with Crippen molar-refractivity contribution in [2.24, 2.45) is 0 Å². The number of nitrogens with zero attached hydrogens (tertiary/aromatic N) is 1. The Morgan fingerprint density at radius 3 is 2.23 bits per heavy atom. The highest BCUT2D eigenvalue weighted by atomic mass is 32.2. The van der Waals surface area contributed by atoms with Crippen molar-refractivity contribution >= 4 is 27.3 Å². The van der Waals surface area contributed by atoms with E-state index in [1.165, 1.54) is 19.2 Å². The second-order valence-corrected chi connectivity index (χ2v) is 9.20. The lowest BCUT2D eigenvalue weighted by Gasteiger charge is -2.13. The summed E-state index contributed by atoms with van der Waals surface area (Å²) in [5.41, 5.74) is 2.75. The Balaban J connectivity index is 1.59. The van der Waals surface area contributed by atoms with E-state index >= 15 is 0 Å². The Hall–Kier alpha value is -4.61. The van der Waals surface area contributed by atoms with Gasteiger partial charge in [0.25, 0.3) is 15.9 Å². The van der Waals surface area contributed by atoms with Gasteiger partial charge in [-0.1, -0.05) is 42.5 Å². The van der Waals surface area contributed by atoms with Gasteiger partial charge in [-0.05, 0) is 60.2 Å². The fraction of sp³-hybridized carbons (Fsp3) is 0.0370. The Kier molecular flexibility index (Phi) is 6.81. The quantitative estimate of drug-likeness (QED) is 0.371. The van der Waals surface area contributed by atoms with Gasteiger partial charge in [0, 0.05) is 22.5 Å². The SMILES string of the molecule is COc1ccc(NS(=O)(=O)c2cccc(NC(=O)c3ccccc3-c3ccccc3C#N)c2)cc1. The van der Waals surface area contributed by atoms with E-state index in [4.69, 9.17) is 4.74 Å². The van der Waals surface area contributed by atoms with Crippen LogP contribution >= 0.6 is 0 Å². The summed E-state index contributed by atoms with van der Waals surface area (Å²) in [6.07, 6.45) is 0. The first-order valence-corrected chi connectivity index (χ1v) is 12.1. The molecule has 4 rings (SSSR count). The Morgan fingerprint density at radius 1 is 0.829 bits per heavy atom. The molecule has 0 heterocycles. The maximum Gasteiger partial charge on any atom is 0.261 e. The molecule has 8 heteroatoms. The van der Waals surface area contributed by atoms with Gasteiger partial charge in [0.05, 0.1) is 23.6 Å². The number of carbonyl (C=O) groups is 1. The van der Waals surface area contributed by atoms with Crippen LogP contribution in [-0.2, 0) is 10.0 Å². The van der Waals surface area contributed by atoms with Crippen LogP contribution in [0.5, 0.6) is 5.75 Å². The molecule has 35 heavy (non-hydrogen) atoms. The number of rotatable bonds is 7. The van der Waals surface area contributed by atoms with Crippen LogP contribution in [0.3, 0.4) is 0 Å². The molecule has 174 valence electrons. The third kappa shape index (κ3) is 5.32. The molecule has 2 N–H and O–H groups in total. The standard InChI is InChI=1S/C27H21N3O4S/c1-34-22-15-13-20(14-16-22)30-35(32,33)23-9-6-8-21(17-23)29-27(31)26-12-5-4-11-25(26)24-10-3-2-7-19(24)18-28/h2-17,30H,1H3,(H,29,31). The Morgan fingerprint density at radius 2 is 1.51 bits per heavy atom. The zero-order valence-corrected chi connectivity index (χ0v) is 19.5. The van der Waals surface area contributed by atoms with Crippen LogP contribution in [0.25, 0.3) is 11.1 Å². The number of nitriles is 1. The van der Waals surface area contributed by atoms with Crippen LogP contribution in [0, 0.1) is 11.3 Å². The van der Waals surface area contributed by atoms with Crippen molar-refractivity contribution in [1.29, 1.82) is 5.26 Å². The van der Waals surface area contributed by atoms with E-state index in [-0.39, 0.29) is 4.90 Å². The molecule has 0 atom stereocenters. The predicted molar refractivity (Wildman–Crippen MR) is 135 cm³/mol. The van der Waals surface area contributed by atoms with Gasteiger partial charge < -0.3 is 10.1 Å². The molecule has 0 aliphatic heterocycles. The summed E-state index contributed by atoms with van der Waals surface area (Å²) in [6.45, 7) is 0. The number of hydrogen-bond acceptors (Lipinski definition) is 5. The summed E-state index contributed by atoms with van der Waals surface area (Å²) >= 11 is 0. The lowest BCUT2D eigenvalue weighted by molar-refractivity contribution is 0.102. The van der Waals surface area contributed by atoms with Crippen molar-refractivity contribution in [3.63, 3.8) is 0 Å². The summed E-state index contributed by atoms with van der Waals surface area (Å²) < 4.78 is 33.4. The van der Waals surface area contributed by atoms with E-state index in [9.17, 15) is 18.5 Å². The lowest BCUT2D eigenvalue weighted by Crippen LogP contribution is -2.15. The average Bonchev–Trinajstić information content (AvgIpc) is 2.89. The monoisotopic (exact) mass is 483 g/mol. The van der Waals surface area contributed by atoms with Crippen LogP contribution in [0.2, 0.25) is 0 Å². The molecule has 0 unspecified atom stereocenters.